The molecule has 1 amide bonds. The van der Waals surface area contributed by atoms with E-state index in [4.69, 9.17) is 22.3 Å². The fourth-order valence-electron chi connectivity index (χ4n) is 5.39. The van der Waals surface area contributed by atoms with Gasteiger partial charge >= 0.3 is 0 Å². The number of anilines is 3. The first-order valence-corrected chi connectivity index (χ1v) is 12.9. The van der Waals surface area contributed by atoms with E-state index in [0.29, 0.717) is 49.2 Å². The van der Waals surface area contributed by atoms with Crippen LogP contribution in [0.15, 0.2) is 18.3 Å². The number of amides is 1. The number of nitrogens with zero attached hydrogens (tertiary/aromatic N) is 4. The molecule has 1 aromatic carbocycles. The first kappa shape index (κ1) is 25.6. The van der Waals surface area contributed by atoms with Gasteiger partial charge < -0.3 is 21.5 Å². The molecule has 5 rings (SSSR count). The number of nitrogens with two attached hydrogens (primary N) is 1. The van der Waals surface area contributed by atoms with Gasteiger partial charge in [-0.1, -0.05) is 18.5 Å². The lowest BCUT2D eigenvalue weighted by Crippen LogP contribution is -2.38. The van der Waals surface area contributed by atoms with Gasteiger partial charge in [0.05, 0.1) is 23.0 Å². The summed E-state index contributed by atoms with van der Waals surface area (Å²) in [6.45, 7) is 1.87. The Kier molecular flexibility index (Phi) is 6.93. The summed E-state index contributed by atoms with van der Waals surface area (Å²) < 4.78 is 30.1. The maximum Gasteiger partial charge on any atom is 0.224 e. The van der Waals surface area contributed by atoms with E-state index in [1.165, 1.54) is 0 Å². The zero-order valence-electron chi connectivity index (χ0n) is 20.5. The van der Waals surface area contributed by atoms with Crippen molar-refractivity contribution in [3.05, 3.63) is 35.0 Å². The Morgan fingerprint density at radius 3 is 2.65 bits per heavy atom. The largest absolute Gasteiger partial charge is 0.393 e. The lowest BCUT2D eigenvalue weighted by atomic mass is 9.73. The lowest BCUT2D eigenvalue weighted by Gasteiger charge is -2.35. The van der Waals surface area contributed by atoms with E-state index in [-0.39, 0.29) is 40.8 Å². The molecule has 2 aliphatic carbocycles. The summed E-state index contributed by atoms with van der Waals surface area (Å²) in [5.41, 5.74) is 5.97. The minimum absolute atomic E-state index is 0.0493. The number of imidazole rings is 1. The molecule has 0 radical (unpaired) electrons. The number of carbonyl (C=O) groups is 1. The summed E-state index contributed by atoms with van der Waals surface area (Å²) in [4.78, 5) is 25.8. The molecular weight excluding hydrogens is 504 g/mol. The zero-order chi connectivity index (χ0) is 26.3. The molecule has 2 atom stereocenters. The van der Waals surface area contributed by atoms with E-state index in [1.54, 1.807) is 6.20 Å². The molecule has 2 fully saturated rings. The number of primary amides is 1. The number of rotatable bonds is 6. The molecule has 2 aliphatic rings. The third-order valence-electron chi connectivity index (χ3n) is 7.67. The molecule has 9 nitrogen and oxygen atoms in total. The number of fused-ring (bicyclic) bond motifs is 1. The molecular formula is C25H30ClF2N7O2. The van der Waals surface area contributed by atoms with Crippen LogP contribution in [0, 0.1) is 17.0 Å². The van der Waals surface area contributed by atoms with Crippen LogP contribution in [-0.2, 0) is 4.79 Å². The topological polar surface area (TPSA) is 131 Å². The second-order valence-electron chi connectivity index (χ2n) is 10.4. The number of carbonyl (C=O) groups excluding carboxylic acids is 1. The van der Waals surface area contributed by atoms with Crippen LogP contribution < -0.4 is 16.4 Å². The molecule has 0 aliphatic heterocycles. The van der Waals surface area contributed by atoms with Crippen molar-refractivity contribution < 1.29 is 18.7 Å². The van der Waals surface area contributed by atoms with E-state index >= 15 is 0 Å². The highest BCUT2D eigenvalue weighted by molar-refractivity contribution is 6.33. The van der Waals surface area contributed by atoms with Gasteiger partial charge in [-0.05, 0) is 57.4 Å². The van der Waals surface area contributed by atoms with Crippen molar-refractivity contribution in [1.82, 2.24) is 19.5 Å². The van der Waals surface area contributed by atoms with Crippen molar-refractivity contribution in [1.29, 1.82) is 0 Å². The highest BCUT2D eigenvalue weighted by atomic mass is 35.5. The standard InChI is InChI=1S/C25H30ClF2N7O2/c1-25(22(29)37)7-5-15(6-8-25)35-21-19(12-30-23(34-21)31-14-3-2-4-16(36)11-14)32-24(35)33-20-17(26)9-13(27)10-18(20)28/h9-10,12,14-16,36H,2-8,11H2,1H3,(H2,29,37)(H,32,33)(H,30,31,34)/t14-,15?,16+,25?/m1/s1. The fraction of sp³-hybridized carbons (Fsp3) is 0.520. The summed E-state index contributed by atoms with van der Waals surface area (Å²) in [6, 6.07) is 1.72. The molecule has 198 valence electrons. The minimum atomic E-state index is -0.849. The summed E-state index contributed by atoms with van der Waals surface area (Å²) in [7, 11) is 0. The third-order valence-corrected chi connectivity index (χ3v) is 7.97. The normalized spacial score (nSPS) is 26.2. The highest BCUT2D eigenvalue weighted by Crippen LogP contribution is 2.43. The van der Waals surface area contributed by atoms with Crippen molar-refractivity contribution in [3.63, 3.8) is 0 Å². The van der Waals surface area contributed by atoms with Crippen LogP contribution in [0.4, 0.5) is 26.4 Å². The predicted molar refractivity (Wildman–Crippen MR) is 137 cm³/mol. The molecule has 0 spiro atoms. The second-order valence-corrected chi connectivity index (χ2v) is 10.8. The van der Waals surface area contributed by atoms with Crippen LogP contribution in [0.5, 0.6) is 0 Å². The Balaban J connectivity index is 1.52. The van der Waals surface area contributed by atoms with Crippen molar-refractivity contribution in [2.75, 3.05) is 10.6 Å². The van der Waals surface area contributed by atoms with E-state index in [2.05, 4.69) is 20.6 Å². The van der Waals surface area contributed by atoms with Gasteiger partial charge in [0.2, 0.25) is 17.8 Å². The molecule has 3 aromatic rings. The maximum absolute atomic E-state index is 14.6. The molecule has 37 heavy (non-hydrogen) atoms. The molecule has 2 saturated carbocycles. The van der Waals surface area contributed by atoms with Crippen LogP contribution in [0.1, 0.15) is 64.3 Å². The van der Waals surface area contributed by atoms with Gasteiger partial charge in [-0.3, -0.25) is 9.36 Å². The Morgan fingerprint density at radius 1 is 1.22 bits per heavy atom. The Labute approximate surface area is 217 Å². The highest BCUT2D eigenvalue weighted by Gasteiger charge is 2.38. The van der Waals surface area contributed by atoms with E-state index in [0.717, 1.165) is 31.4 Å². The average Bonchev–Trinajstić information content (AvgIpc) is 3.19. The first-order valence-electron chi connectivity index (χ1n) is 12.5. The first-order chi connectivity index (χ1) is 17.6. The van der Waals surface area contributed by atoms with Gasteiger partial charge in [-0.25, -0.2) is 18.7 Å². The number of aliphatic hydroxyl groups excluding tert-OH is 1. The number of hydrogen-bond donors (Lipinski definition) is 4. The molecule has 0 unspecified atom stereocenters. The molecule has 0 bridgehead atoms. The SMILES string of the molecule is CC1(C(N)=O)CCC(n2c(Nc3c(F)cc(F)cc3Cl)nc3cnc(N[C@@H]4CCC[C@H](O)C4)nc32)CC1. The number of halogens is 3. The molecule has 2 heterocycles. The van der Waals surface area contributed by atoms with Crippen LogP contribution in [0.25, 0.3) is 11.2 Å². The van der Waals surface area contributed by atoms with Crippen molar-refractivity contribution in [3.8, 4) is 0 Å². The Bertz CT molecular complexity index is 1300. The lowest BCUT2D eigenvalue weighted by molar-refractivity contribution is -0.128. The van der Waals surface area contributed by atoms with E-state index < -0.39 is 17.0 Å². The smallest absolute Gasteiger partial charge is 0.224 e. The van der Waals surface area contributed by atoms with Gasteiger partial charge in [0.25, 0.3) is 0 Å². The monoisotopic (exact) mass is 533 g/mol. The maximum atomic E-state index is 14.6. The molecule has 5 N–H and O–H groups in total. The quantitative estimate of drug-likeness (QED) is 0.357. The summed E-state index contributed by atoms with van der Waals surface area (Å²) in [6.07, 6.45) is 6.86. The van der Waals surface area contributed by atoms with E-state index in [9.17, 15) is 18.7 Å². The van der Waals surface area contributed by atoms with Gasteiger partial charge in [0.1, 0.15) is 11.3 Å². The Hall–Kier alpha value is -3.05. The van der Waals surface area contributed by atoms with Gasteiger partial charge in [-0.2, -0.15) is 4.98 Å². The second kappa shape index (κ2) is 10.0. The zero-order valence-corrected chi connectivity index (χ0v) is 21.2. The van der Waals surface area contributed by atoms with Crippen LogP contribution in [0.2, 0.25) is 5.02 Å². The van der Waals surface area contributed by atoms with E-state index in [1.807, 2.05) is 11.5 Å². The van der Waals surface area contributed by atoms with Crippen LogP contribution >= 0.6 is 11.6 Å². The van der Waals surface area contributed by atoms with Crippen LogP contribution in [0.3, 0.4) is 0 Å². The van der Waals surface area contributed by atoms with Gasteiger partial charge in [0.15, 0.2) is 11.5 Å². The third kappa shape index (κ3) is 5.19. The Morgan fingerprint density at radius 2 is 1.97 bits per heavy atom. The number of benzene rings is 1. The summed E-state index contributed by atoms with van der Waals surface area (Å²) in [5.74, 6) is -1.27. The average molecular weight is 534 g/mol. The van der Waals surface area contributed by atoms with Crippen molar-refractivity contribution in [2.45, 2.75) is 76.5 Å². The van der Waals surface area contributed by atoms with Crippen molar-refractivity contribution in [2.24, 2.45) is 11.1 Å². The van der Waals surface area contributed by atoms with Gasteiger partial charge in [-0.15, -0.1) is 0 Å². The summed E-state index contributed by atoms with van der Waals surface area (Å²) in [5, 5.41) is 16.2. The molecule has 0 saturated heterocycles. The number of hydrogen-bond acceptors (Lipinski definition) is 7. The molecule has 2 aromatic heterocycles. The number of aliphatic hydroxyl groups is 1. The fourth-order valence-corrected chi connectivity index (χ4v) is 5.63. The number of aromatic nitrogens is 4. The van der Waals surface area contributed by atoms with Crippen LogP contribution in [-0.4, -0.2) is 42.7 Å². The minimum Gasteiger partial charge on any atom is -0.393 e. The molecule has 12 heteroatoms. The van der Waals surface area contributed by atoms with Gasteiger partial charge in [0, 0.05) is 23.6 Å². The predicted octanol–water partition coefficient (Wildman–Crippen LogP) is 4.82. The van der Waals surface area contributed by atoms with Crippen molar-refractivity contribution >= 4 is 46.3 Å². The summed E-state index contributed by atoms with van der Waals surface area (Å²) >= 11 is 6.15. The number of nitrogens with one attached hydrogen (secondary N) is 2.